The molecule has 0 aliphatic rings. The Morgan fingerprint density at radius 2 is 2.10 bits per heavy atom. The molecule has 0 saturated heterocycles. The summed E-state index contributed by atoms with van der Waals surface area (Å²) < 4.78 is 0.407. The van der Waals surface area contributed by atoms with Gasteiger partial charge in [-0.05, 0) is 28.1 Å². The van der Waals surface area contributed by atoms with Gasteiger partial charge in [0.2, 0.25) is 0 Å². The molecular weight excluding hydrogens is 332 g/mol. The van der Waals surface area contributed by atoms with Crippen LogP contribution in [0.4, 0.5) is 11.5 Å². The highest BCUT2D eigenvalue weighted by atomic mass is 79.9. The lowest BCUT2D eigenvalue weighted by molar-refractivity contribution is -0.384. The molecule has 0 unspecified atom stereocenters. The first kappa shape index (κ1) is 13.9. The molecule has 9 heteroatoms. The minimum Gasteiger partial charge on any atom is -0.305 e. The van der Waals surface area contributed by atoms with Crippen molar-refractivity contribution in [3.63, 3.8) is 0 Å². The van der Waals surface area contributed by atoms with Gasteiger partial charge in [0, 0.05) is 22.7 Å². The number of hydrogen-bond acceptors (Lipinski definition) is 5. The van der Waals surface area contributed by atoms with E-state index < -0.39 is 16.4 Å². The number of non-ortho nitro benzene ring substituents is 1. The average molecular weight is 339 g/mol. The van der Waals surface area contributed by atoms with Crippen molar-refractivity contribution in [2.75, 3.05) is 5.32 Å². The topological polar surface area (TPSA) is 118 Å². The minimum atomic E-state index is -0.596. The third-order valence-electron chi connectivity index (χ3n) is 2.33. The van der Waals surface area contributed by atoms with Gasteiger partial charge < -0.3 is 5.32 Å². The maximum Gasteiger partial charge on any atom is 0.270 e. The molecule has 2 aromatic rings. The molecule has 0 bridgehead atoms. The average Bonchev–Trinajstić information content (AvgIpc) is 2.41. The molecule has 2 rings (SSSR count). The molecule has 0 atom stereocenters. The number of nitrogens with one attached hydrogen (secondary N) is 2. The van der Waals surface area contributed by atoms with Crippen LogP contribution in [-0.4, -0.2) is 21.0 Å². The number of rotatable bonds is 3. The lowest BCUT2D eigenvalue weighted by Gasteiger charge is -2.05. The molecule has 2 N–H and O–H groups in total. The summed E-state index contributed by atoms with van der Waals surface area (Å²) in [4.78, 5) is 32.9. The second-order valence-corrected chi connectivity index (χ2v) is 4.54. The van der Waals surface area contributed by atoms with Gasteiger partial charge in [0.15, 0.2) is 5.82 Å². The van der Waals surface area contributed by atoms with Crippen molar-refractivity contribution in [2.24, 2.45) is 0 Å². The number of nitrogens with zero attached hydrogens (tertiary/aromatic N) is 2. The Labute approximate surface area is 120 Å². The van der Waals surface area contributed by atoms with Gasteiger partial charge in [-0.25, -0.2) is 5.10 Å². The van der Waals surface area contributed by atoms with E-state index in [9.17, 15) is 19.7 Å². The summed E-state index contributed by atoms with van der Waals surface area (Å²) in [5, 5.41) is 18.9. The van der Waals surface area contributed by atoms with E-state index in [0.29, 0.717) is 4.47 Å². The summed E-state index contributed by atoms with van der Waals surface area (Å²) in [6.45, 7) is 0. The van der Waals surface area contributed by atoms with Crippen LogP contribution in [0.1, 0.15) is 10.4 Å². The molecule has 8 nitrogen and oxygen atoms in total. The molecule has 0 saturated carbocycles. The summed E-state index contributed by atoms with van der Waals surface area (Å²) in [6, 6.07) is 6.35. The Morgan fingerprint density at radius 3 is 2.70 bits per heavy atom. The number of nitro groups is 1. The Bertz CT molecular complexity index is 723. The quantitative estimate of drug-likeness (QED) is 0.652. The van der Waals surface area contributed by atoms with Crippen LogP contribution in [0.5, 0.6) is 0 Å². The summed E-state index contributed by atoms with van der Waals surface area (Å²) in [5.74, 6) is -0.451. The van der Waals surface area contributed by atoms with Crippen LogP contribution in [-0.2, 0) is 0 Å². The number of H-pyrrole nitrogens is 1. The van der Waals surface area contributed by atoms with E-state index >= 15 is 0 Å². The van der Waals surface area contributed by atoms with Gasteiger partial charge in [-0.3, -0.25) is 19.7 Å². The molecule has 0 aliphatic heterocycles. The lowest BCUT2D eigenvalue weighted by Crippen LogP contribution is -2.16. The molecule has 0 spiro atoms. The van der Waals surface area contributed by atoms with Gasteiger partial charge in [0.05, 0.1) is 10.5 Å². The molecule has 102 valence electrons. The van der Waals surface area contributed by atoms with Crippen LogP contribution < -0.4 is 10.9 Å². The molecule has 0 radical (unpaired) electrons. The van der Waals surface area contributed by atoms with Crippen molar-refractivity contribution >= 4 is 33.3 Å². The third kappa shape index (κ3) is 3.06. The van der Waals surface area contributed by atoms with Crippen molar-refractivity contribution < 1.29 is 9.72 Å². The fourth-order valence-corrected chi connectivity index (χ4v) is 1.83. The molecule has 20 heavy (non-hydrogen) atoms. The van der Waals surface area contributed by atoms with E-state index in [2.05, 4.69) is 31.4 Å². The van der Waals surface area contributed by atoms with Gasteiger partial charge >= 0.3 is 0 Å². The highest BCUT2D eigenvalue weighted by Crippen LogP contribution is 2.23. The number of carbonyl (C=O) groups excluding carboxylic acids is 1. The lowest BCUT2D eigenvalue weighted by atomic mass is 10.2. The van der Waals surface area contributed by atoms with Crippen molar-refractivity contribution in [1.82, 2.24) is 10.2 Å². The molecule has 1 aromatic carbocycles. The van der Waals surface area contributed by atoms with E-state index in [1.54, 1.807) is 0 Å². The first-order valence-electron chi connectivity index (χ1n) is 5.28. The highest BCUT2D eigenvalue weighted by molar-refractivity contribution is 9.10. The molecule has 1 amide bonds. The zero-order valence-electron chi connectivity index (χ0n) is 9.79. The summed E-state index contributed by atoms with van der Waals surface area (Å²) in [6.07, 6.45) is 0. The Hall–Kier alpha value is -2.55. The molecule has 1 aromatic heterocycles. The molecular formula is C11H7BrN4O4. The molecule has 0 aliphatic carbocycles. The zero-order valence-corrected chi connectivity index (χ0v) is 11.4. The summed E-state index contributed by atoms with van der Waals surface area (Å²) >= 11 is 3.14. The van der Waals surface area contributed by atoms with Crippen LogP contribution >= 0.6 is 15.9 Å². The summed E-state index contributed by atoms with van der Waals surface area (Å²) in [5.41, 5.74) is -0.514. The van der Waals surface area contributed by atoms with E-state index in [-0.39, 0.29) is 17.1 Å². The molecule has 0 fully saturated rings. The van der Waals surface area contributed by atoms with Crippen LogP contribution in [0.15, 0.2) is 39.6 Å². The van der Waals surface area contributed by atoms with Gasteiger partial charge in [-0.1, -0.05) is 0 Å². The SMILES string of the molecule is O=C(Nc1ccc(=O)[nH]n1)c1cc([N+](=O)[O-])ccc1Br. The zero-order chi connectivity index (χ0) is 14.7. The van der Waals surface area contributed by atoms with E-state index in [1.165, 1.54) is 24.3 Å². The maximum absolute atomic E-state index is 12.0. The second-order valence-electron chi connectivity index (χ2n) is 3.68. The van der Waals surface area contributed by atoms with Crippen LogP contribution in [0.3, 0.4) is 0 Å². The Balaban J connectivity index is 2.28. The number of carbonyl (C=O) groups is 1. The molecule has 1 heterocycles. The largest absolute Gasteiger partial charge is 0.305 e. The van der Waals surface area contributed by atoms with Crippen molar-refractivity contribution in [3.8, 4) is 0 Å². The smallest absolute Gasteiger partial charge is 0.270 e. The van der Waals surface area contributed by atoms with E-state index in [0.717, 1.165) is 6.07 Å². The van der Waals surface area contributed by atoms with Crippen LogP contribution in [0, 0.1) is 10.1 Å². The monoisotopic (exact) mass is 338 g/mol. The number of benzene rings is 1. The van der Waals surface area contributed by atoms with Gasteiger partial charge in [-0.2, -0.15) is 5.10 Å². The minimum absolute atomic E-state index is 0.0900. The second kappa shape index (κ2) is 5.61. The Kier molecular flexibility index (Phi) is 3.89. The number of halogens is 1. The van der Waals surface area contributed by atoms with Crippen molar-refractivity contribution in [2.45, 2.75) is 0 Å². The van der Waals surface area contributed by atoms with Gasteiger partial charge in [0.25, 0.3) is 17.2 Å². The fraction of sp³-hybridized carbons (Fsp3) is 0. The first-order chi connectivity index (χ1) is 9.47. The number of amides is 1. The number of hydrogen-bond donors (Lipinski definition) is 2. The number of anilines is 1. The number of aromatic nitrogens is 2. The summed E-state index contributed by atoms with van der Waals surface area (Å²) in [7, 11) is 0. The van der Waals surface area contributed by atoms with Crippen molar-refractivity contribution in [1.29, 1.82) is 0 Å². The normalized spacial score (nSPS) is 10.1. The maximum atomic E-state index is 12.0. The predicted molar refractivity (Wildman–Crippen MR) is 73.6 cm³/mol. The van der Waals surface area contributed by atoms with Crippen molar-refractivity contribution in [3.05, 3.63) is 60.8 Å². The van der Waals surface area contributed by atoms with E-state index in [4.69, 9.17) is 0 Å². The standard InChI is InChI=1S/C11H7BrN4O4/c12-8-2-1-6(16(19)20)5-7(8)11(18)13-9-3-4-10(17)15-14-9/h1-5H,(H,15,17)(H,13,14,18). The van der Waals surface area contributed by atoms with Crippen LogP contribution in [0.25, 0.3) is 0 Å². The van der Waals surface area contributed by atoms with Crippen LogP contribution in [0.2, 0.25) is 0 Å². The van der Waals surface area contributed by atoms with E-state index in [1.807, 2.05) is 0 Å². The first-order valence-corrected chi connectivity index (χ1v) is 6.07. The van der Waals surface area contributed by atoms with Gasteiger partial charge in [0.1, 0.15) is 0 Å². The third-order valence-corrected chi connectivity index (χ3v) is 3.02. The Morgan fingerprint density at radius 1 is 1.35 bits per heavy atom. The predicted octanol–water partition coefficient (Wildman–Crippen LogP) is 1.69. The number of nitro benzene ring substituents is 1. The fourth-order valence-electron chi connectivity index (χ4n) is 1.40. The highest BCUT2D eigenvalue weighted by Gasteiger charge is 2.16. The van der Waals surface area contributed by atoms with Gasteiger partial charge in [-0.15, -0.1) is 0 Å². The number of aromatic amines is 1.